The Bertz CT molecular complexity index is 2610. The Labute approximate surface area is 384 Å². The summed E-state index contributed by atoms with van der Waals surface area (Å²) >= 11 is 4.58. The van der Waals surface area contributed by atoms with Crippen LogP contribution in [-0.4, -0.2) is 102 Å². The first-order valence-electron chi connectivity index (χ1n) is 21.2. The third kappa shape index (κ3) is 10.1. The molecule has 0 saturated carbocycles. The third-order valence-electron chi connectivity index (χ3n) is 12.2. The number of hydrogen-bond acceptors (Lipinski definition) is 11. The van der Waals surface area contributed by atoms with Gasteiger partial charge in [-0.3, -0.25) is 19.2 Å². The number of ether oxygens (including phenoxy) is 1. The fourth-order valence-corrected chi connectivity index (χ4v) is 9.79. The number of carbonyl (C=O) groups excluding carboxylic acids is 3. The molecule has 2 aromatic heterocycles. The number of carbonyl (C=O) groups is 3. The summed E-state index contributed by atoms with van der Waals surface area (Å²) in [5.74, 6) is 0.986. The first kappa shape index (κ1) is 45.0. The first-order valence-corrected chi connectivity index (χ1v) is 23.5. The number of aromatic amines is 2. The van der Waals surface area contributed by atoms with E-state index in [0.717, 1.165) is 39.2 Å². The highest BCUT2D eigenvalue weighted by Crippen LogP contribution is 2.39. The van der Waals surface area contributed by atoms with E-state index in [2.05, 4.69) is 40.0 Å². The van der Waals surface area contributed by atoms with Gasteiger partial charge in [-0.15, -0.1) is 0 Å². The van der Waals surface area contributed by atoms with Gasteiger partial charge in [-0.1, -0.05) is 109 Å². The number of imidazole rings is 2. The number of thiol groups is 1. The fraction of sp³-hybridized carbons (Fsp3) is 0.292. The number of hydrogen-bond donors (Lipinski definition) is 5. The molecule has 2 saturated heterocycles. The Morgan fingerprint density at radius 3 is 1.83 bits per heavy atom. The van der Waals surface area contributed by atoms with Gasteiger partial charge in [0.1, 0.15) is 24.3 Å². The van der Waals surface area contributed by atoms with Crippen molar-refractivity contribution in [2.45, 2.75) is 42.1 Å². The number of benzene rings is 4. The second-order valence-electron chi connectivity index (χ2n) is 16.1. The topological polar surface area (TPSA) is 196 Å². The molecule has 17 heteroatoms. The van der Waals surface area contributed by atoms with E-state index in [-0.39, 0.29) is 42.2 Å². The smallest absolute Gasteiger partial charge is 0.407 e. The number of nitrogens with zero attached hydrogens (tertiary/aromatic N) is 4. The van der Waals surface area contributed by atoms with E-state index in [9.17, 15) is 18.6 Å². The highest BCUT2D eigenvalue weighted by atomic mass is 32.2. The Morgan fingerprint density at radius 1 is 0.785 bits per heavy atom. The van der Waals surface area contributed by atoms with Gasteiger partial charge in [0.15, 0.2) is 0 Å². The lowest BCUT2D eigenvalue weighted by atomic mass is 9.98. The maximum Gasteiger partial charge on any atom is 0.407 e. The number of methoxy groups -OCH3 is 1. The molecule has 6 aromatic rings. The van der Waals surface area contributed by atoms with Crippen LogP contribution in [0.15, 0.2) is 122 Å². The summed E-state index contributed by atoms with van der Waals surface area (Å²) in [6.07, 6.45) is 6.29. The average Bonchev–Trinajstić information content (AvgIpc) is 4.19. The molecule has 4 aromatic carbocycles. The van der Waals surface area contributed by atoms with Crippen molar-refractivity contribution in [1.29, 1.82) is 5.41 Å². The van der Waals surface area contributed by atoms with E-state index in [4.69, 9.17) is 29.9 Å². The summed E-state index contributed by atoms with van der Waals surface area (Å²) in [6.45, 7) is 0.735. The number of nitrogens with one attached hydrogen (secondary N) is 4. The Morgan fingerprint density at radius 2 is 1.31 bits per heavy atom. The lowest BCUT2D eigenvalue weighted by molar-refractivity contribution is -0.221. The molecule has 2 fully saturated rings. The van der Waals surface area contributed by atoms with Crippen molar-refractivity contribution in [1.82, 2.24) is 35.1 Å². The van der Waals surface area contributed by atoms with Crippen LogP contribution in [-0.2, 0) is 34.9 Å². The minimum atomic E-state index is -1.20. The molecule has 0 radical (unpaired) electrons. The van der Waals surface area contributed by atoms with Crippen molar-refractivity contribution in [3.8, 4) is 33.6 Å². The van der Waals surface area contributed by atoms with Crippen LogP contribution < -0.4 is 5.32 Å². The van der Waals surface area contributed by atoms with Gasteiger partial charge in [0.2, 0.25) is 12.3 Å². The van der Waals surface area contributed by atoms with E-state index in [1.54, 1.807) is 47.8 Å². The van der Waals surface area contributed by atoms with Crippen LogP contribution in [0, 0.1) is 11.3 Å². The molecule has 7 atom stereocenters. The quantitative estimate of drug-likeness (QED) is 0.0164. The van der Waals surface area contributed by atoms with E-state index >= 15 is 0 Å². The van der Waals surface area contributed by atoms with E-state index in [1.165, 1.54) is 7.11 Å². The molecule has 1 unspecified atom stereocenters. The number of aromatic nitrogens is 4. The molecule has 336 valence electrons. The lowest BCUT2D eigenvalue weighted by Gasteiger charge is -2.28. The Hall–Kier alpha value is -6.56. The molecule has 0 spiro atoms. The predicted octanol–water partition coefficient (Wildman–Crippen LogP) is 7.41. The minimum Gasteiger partial charge on any atom is -0.453 e. The molecule has 4 heterocycles. The summed E-state index contributed by atoms with van der Waals surface area (Å²) in [5, 5.41) is 9.57. The van der Waals surface area contributed by atoms with Gasteiger partial charge in [-0.05, 0) is 57.9 Å². The van der Waals surface area contributed by atoms with Crippen LogP contribution in [0.2, 0.25) is 0 Å². The molecule has 4 N–H and O–H groups in total. The van der Waals surface area contributed by atoms with Crippen molar-refractivity contribution < 1.29 is 33.1 Å². The molecule has 8 rings (SSSR count). The average molecular weight is 915 g/mol. The molecule has 2 aliphatic rings. The molecule has 15 nitrogen and oxygen atoms in total. The molecule has 0 aliphatic carbocycles. The standard InChI is InChI=1S/C48H50N8O7S2/c1-61-48(59)54-43(36-11-7-4-8-12-36)47(58)56-26-37(65(2)60)22-42(56)45-51-24-40(53-45)35-19-15-32(16-20-35)31-13-17-34(18-14-31)39-23-50-44(52-39)41-21-30(28-64)25-55(41)46(57)38(27-62-63-29-49)33-9-5-3-6-10-33/h3-20,23-24,29-30,37-38,41-43,49,64H,21-22,25-28H2,1-2H3,(H,50,52)(H,51,53)(H,54,59)/t30-,37-,38-,41-,42-,43-,65?/m0/s1. The molecular formula is C48H50N8O7S2. The van der Waals surface area contributed by atoms with Gasteiger partial charge in [-0.25, -0.2) is 14.8 Å². The maximum absolute atomic E-state index is 14.2. The van der Waals surface area contributed by atoms with Gasteiger partial charge in [0.05, 0.1) is 54.1 Å². The largest absolute Gasteiger partial charge is 0.453 e. The number of amides is 3. The highest BCUT2D eigenvalue weighted by molar-refractivity contribution is 7.84. The molecule has 2 aliphatic heterocycles. The Balaban J connectivity index is 0.959. The van der Waals surface area contributed by atoms with Gasteiger partial charge < -0.3 is 34.7 Å². The zero-order valence-electron chi connectivity index (χ0n) is 35.8. The summed E-state index contributed by atoms with van der Waals surface area (Å²) in [4.78, 5) is 70.6. The van der Waals surface area contributed by atoms with E-state index in [1.807, 2.05) is 77.7 Å². The summed E-state index contributed by atoms with van der Waals surface area (Å²) in [6, 6.07) is 32.9. The monoisotopic (exact) mass is 914 g/mol. The van der Waals surface area contributed by atoms with Gasteiger partial charge in [0.25, 0.3) is 5.91 Å². The van der Waals surface area contributed by atoms with E-state index in [0.29, 0.717) is 48.8 Å². The number of alkyl carbamates (subject to hydrolysis) is 1. The Kier molecular flexibility index (Phi) is 14.2. The van der Waals surface area contributed by atoms with E-state index < -0.39 is 34.9 Å². The number of likely N-dealkylation sites (tertiary alicyclic amines) is 2. The lowest BCUT2D eigenvalue weighted by Crippen LogP contribution is -2.43. The van der Waals surface area contributed by atoms with Crippen molar-refractivity contribution in [2.24, 2.45) is 5.92 Å². The first-order chi connectivity index (χ1) is 31.6. The fourth-order valence-electron chi connectivity index (χ4n) is 8.70. The second-order valence-corrected chi connectivity index (χ2v) is 18.1. The normalized spacial score (nSPS) is 19.6. The van der Waals surface area contributed by atoms with Crippen LogP contribution >= 0.6 is 12.6 Å². The number of H-pyrrole nitrogens is 2. The van der Waals surface area contributed by atoms with Gasteiger partial charge in [-0.2, -0.15) is 17.5 Å². The maximum atomic E-state index is 14.2. The molecule has 3 amide bonds. The summed E-state index contributed by atoms with van der Waals surface area (Å²) in [7, 11) is 0.0507. The van der Waals surface area contributed by atoms with Gasteiger partial charge >= 0.3 is 6.09 Å². The zero-order chi connectivity index (χ0) is 45.5. The van der Waals surface area contributed by atoms with Crippen molar-refractivity contribution in [3.05, 3.63) is 144 Å². The number of rotatable bonds is 16. The van der Waals surface area contributed by atoms with Crippen LogP contribution in [0.5, 0.6) is 0 Å². The summed E-state index contributed by atoms with van der Waals surface area (Å²) < 4.78 is 17.6. The zero-order valence-corrected chi connectivity index (χ0v) is 37.5. The predicted molar refractivity (Wildman–Crippen MR) is 250 cm³/mol. The van der Waals surface area contributed by atoms with Crippen LogP contribution in [0.3, 0.4) is 0 Å². The van der Waals surface area contributed by atoms with Gasteiger partial charge in [0, 0.05) is 30.1 Å². The molecular weight excluding hydrogens is 865 g/mol. The third-order valence-corrected chi connectivity index (χ3v) is 14.0. The van der Waals surface area contributed by atoms with Crippen LogP contribution in [0.1, 0.15) is 59.7 Å². The molecule has 0 bridgehead atoms. The second kappa shape index (κ2) is 20.5. The van der Waals surface area contributed by atoms with Crippen molar-refractivity contribution in [2.75, 3.05) is 38.8 Å². The molecule has 65 heavy (non-hydrogen) atoms. The van der Waals surface area contributed by atoms with Crippen molar-refractivity contribution >= 4 is 47.7 Å². The SMILES string of the molecule is COC(=O)N[C@H](C(=O)N1C[C@@H](S(C)=O)C[C@H]1c1ncc(-c2ccc(-c3ccc(-c4cnc([C@@H]5C[C@H](CS)CN5C(=O)[C@@H](COOC=N)c5ccccc5)[nH]4)cc3)cc2)[nH]1)c1ccccc1. The van der Waals surface area contributed by atoms with Crippen LogP contribution in [0.4, 0.5) is 4.79 Å². The van der Waals surface area contributed by atoms with Crippen LogP contribution in [0.25, 0.3) is 33.6 Å². The minimum absolute atomic E-state index is 0.0429. The van der Waals surface area contributed by atoms with Crippen molar-refractivity contribution in [3.63, 3.8) is 0 Å². The summed E-state index contributed by atoms with van der Waals surface area (Å²) in [5.41, 5.74) is 6.86. The highest BCUT2D eigenvalue weighted by Gasteiger charge is 2.43.